The molecule has 0 aromatic heterocycles. The molecule has 3 unspecified atom stereocenters. The fourth-order valence-corrected chi connectivity index (χ4v) is 6.86. The van der Waals surface area contributed by atoms with Crippen LogP contribution in [-0.4, -0.2) is 78.7 Å². The summed E-state index contributed by atoms with van der Waals surface area (Å²) in [5.41, 5.74) is 9.13. The third kappa shape index (κ3) is 10.4. The van der Waals surface area contributed by atoms with Crippen LogP contribution in [0.25, 0.3) is 0 Å². The highest BCUT2D eigenvalue weighted by molar-refractivity contribution is 6.03. The summed E-state index contributed by atoms with van der Waals surface area (Å²) in [6.07, 6.45) is 5.52. The number of carbonyl (C=O) groups excluding carboxylic acids is 2. The van der Waals surface area contributed by atoms with Gasteiger partial charge >= 0.3 is 5.97 Å². The van der Waals surface area contributed by atoms with Crippen molar-refractivity contribution in [2.75, 3.05) is 31.3 Å². The number of carbonyl (C=O) groups is 3. The van der Waals surface area contributed by atoms with Crippen LogP contribution in [0.5, 0.6) is 0 Å². The number of ether oxygens (including phenoxy) is 2. The zero-order valence-electron chi connectivity index (χ0n) is 30.8. The molecule has 0 bridgehead atoms. The number of rotatable bonds is 20. The monoisotopic (exact) mass is 743 g/mol. The lowest BCUT2D eigenvalue weighted by Crippen LogP contribution is -2.55. The molecule has 2 fully saturated rings. The summed E-state index contributed by atoms with van der Waals surface area (Å²) in [5.74, 6) is -2.60. The maximum Gasteiger partial charge on any atom is 0.326 e. The van der Waals surface area contributed by atoms with Crippen molar-refractivity contribution in [3.63, 3.8) is 0 Å². The highest BCUT2D eigenvalue weighted by atomic mass is 19.1. The lowest BCUT2D eigenvalue weighted by Gasteiger charge is -2.48. The van der Waals surface area contributed by atoms with Gasteiger partial charge in [-0.25, -0.2) is 14.2 Å². The maximum atomic E-state index is 13.8. The van der Waals surface area contributed by atoms with E-state index in [4.69, 9.17) is 15.2 Å². The predicted molar refractivity (Wildman–Crippen MR) is 204 cm³/mol. The molecule has 0 spiro atoms. The van der Waals surface area contributed by atoms with E-state index in [2.05, 4.69) is 15.3 Å². The molecule has 2 aliphatic rings. The summed E-state index contributed by atoms with van der Waals surface area (Å²) in [6.45, 7) is 4.50. The number of β-lactam (4-membered cyclic amide) rings is 1. The first-order chi connectivity index (χ1) is 26.0. The first-order valence-corrected chi connectivity index (χ1v) is 18.4. The smallest absolute Gasteiger partial charge is 0.326 e. The van der Waals surface area contributed by atoms with E-state index in [-0.39, 0.29) is 36.2 Å². The fourth-order valence-electron chi connectivity index (χ4n) is 6.86. The number of carboxylic acid groups (broad SMARTS) is 1. The van der Waals surface area contributed by atoms with E-state index in [0.29, 0.717) is 51.0 Å². The molecule has 288 valence electrons. The molecule has 2 aliphatic heterocycles. The minimum atomic E-state index is -1.09. The number of aliphatic imine (C=N–C) groups is 2. The van der Waals surface area contributed by atoms with Gasteiger partial charge in [0.15, 0.2) is 0 Å². The first kappa shape index (κ1) is 40.2. The standard InChI is InChI=1S/C41H50FN5O7/c1-27(2)37(40(51)52)46-36(49)22-54-41(23-53-24-41)20-19-29-5-9-31(10-6-29)38-34(17-18-35(48)30-11-13-32(42)14-12-30)39(50)47(38)33-15-7-28(8-16-33)4-3-21-44-26-45-25-43/h5-16,25-27,34-35,37-38,48H,3-4,17-24H2,1-2H3,(H,46,49)(H,51,52)(H2,43,44,45)/t34-,35?,37?,38?/m1/s1. The van der Waals surface area contributed by atoms with Gasteiger partial charge in [0.05, 0.1) is 37.6 Å². The number of carboxylic acids is 1. The average Bonchev–Trinajstić information content (AvgIpc) is 3.14. The molecule has 12 nitrogen and oxygen atoms in total. The molecule has 0 aliphatic carbocycles. The van der Waals surface area contributed by atoms with Crippen LogP contribution in [0.3, 0.4) is 0 Å². The third-order valence-electron chi connectivity index (χ3n) is 10.1. The van der Waals surface area contributed by atoms with Crippen LogP contribution in [0.15, 0.2) is 82.8 Å². The number of amides is 2. The summed E-state index contributed by atoms with van der Waals surface area (Å²) >= 11 is 0. The van der Waals surface area contributed by atoms with E-state index in [9.17, 15) is 29.0 Å². The normalized spacial score (nSPS) is 19.1. The quantitative estimate of drug-likeness (QED) is 0.0545. The van der Waals surface area contributed by atoms with Gasteiger partial charge in [-0.15, -0.1) is 0 Å². The number of benzene rings is 3. The average molecular weight is 744 g/mol. The zero-order valence-corrected chi connectivity index (χ0v) is 30.8. The number of nitrogens with zero attached hydrogens (tertiary/aromatic N) is 3. The Morgan fingerprint density at radius 3 is 2.33 bits per heavy atom. The van der Waals surface area contributed by atoms with Crippen molar-refractivity contribution in [3.05, 3.63) is 101 Å². The molecule has 2 heterocycles. The summed E-state index contributed by atoms with van der Waals surface area (Å²) < 4.78 is 24.9. The largest absolute Gasteiger partial charge is 0.480 e. The minimum Gasteiger partial charge on any atom is -0.480 e. The number of aryl methyl sites for hydroxylation is 2. The van der Waals surface area contributed by atoms with Crippen LogP contribution in [0, 0.1) is 17.7 Å². The van der Waals surface area contributed by atoms with Crippen LogP contribution in [0.4, 0.5) is 10.1 Å². The fraction of sp³-hybridized carbons (Fsp3) is 0.439. The van der Waals surface area contributed by atoms with Gasteiger partial charge in [0.25, 0.3) is 0 Å². The van der Waals surface area contributed by atoms with Gasteiger partial charge in [-0.3, -0.25) is 14.6 Å². The molecule has 2 saturated heterocycles. The van der Waals surface area contributed by atoms with E-state index < -0.39 is 29.6 Å². The van der Waals surface area contributed by atoms with E-state index in [1.54, 1.807) is 26.0 Å². The number of aliphatic carboxylic acids is 1. The molecule has 2 amide bonds. The Kier molecular flexibility index (Phi) is 14.0. The van der Waals surface area contributed by atoms with Crippen molar-refractivity contribution in [1.82, 2.24) is 5.32 Å². The van der Waals surface area contributed by atoms with Gasteiger partial charge in [0.1, 0.15) is 30.4 Å². The van der Waals surface area contributed by atoms with Gasteiger partial charge in [-0.05, 0) is 91.0 Å². The summed E-state index contributed by atoms with van der Waals surface area (Å²) in [5, 5.41) is 22.8. The Morgan fingerprint density at radius 1 is 1.06 bits per heavy atom. The number of nitrogens with one attached hydrogen (secondary N) is 1. The zero-order chi connectivity index (χ0) is 38.7. The van der Waals surface area contributed by atoms with E-state index in [1.807, 2.05) is 53.4 Å². The number of aliphatic hydroxyl groups excluding tert-OH is 1. The van der Waals surface area contributed by atoms with Crippen LogP contribution in [0.1, 0.15) is 73.9 Å². The molecule has 3 aromatic rings. The van der Waals surface area contributed by atoms with Crippen LogP contribution < -0.4 is 16.0 Å². The van der Waals surface area contributed by atoms with Crippen molar-refractivity contribution >= 4 is 36.1 Å². The Balaban J connectivity index is 1.24. The van der Waals surface area contributed by atoms with E-state index in [1.165, 1.54) is 24.8 Å². The molecule has 13 heteroatoms. The lowest BCUT2D eigenvalue weighted by atomic mass is 9.78. The second kappa shape index (κ2) is 18.9. The number of hydrogen-bond acceptors (Lipinski definition) is 7. The van der Waals surface area contributed by atoms with Crippen molar-refractivity contribution in [2.45, 2.75) is 76.2 Å². The molecule has 4 atom stereocenters. The second-order valence-corrected chi connectivity index (χ2v) is 14.3. The van der Waals surface area contributed by atoms with Crippen molar-refractivity contribution in [1.29, 1.82) is 0 Å². The molecular weight excluding hydrogens is 693 g/mol. The molecule has 5 N–H and O–H groups in total. The molecule has 54 heavy (non-hydrogen) atoms. The van der Waals surface area contributed by atoms with Crippen molar-refractivity contribution in [3.8, 4) is 0 Å². The number of anilines is 1. The Morgan fingerprint density at radius 2 is 1.72 bits per heavy atom. The molecular formula is C41H50FN5O7. The highest BCUT2D eigenvalue weighted by Gasteiger charge is 2.48. The van der Waals surface area contributed by atoms with Gasteiger partial charge in [-0.1, -0.05) is 62.4 Å². The number of nitrogens with two attached hydrogens (primary N) is 1. The number of hydrogen-bond donors (Lipinski definition) is 4. The Bertz CT molecular complexity index is 1760. The van der Waals surface area contributed by atoms with Crippen LogP contribution in [0.2, 0.25) is 0 Å². The molecule has 0 saturated carbocycles. The van der Waals surface area contributed by atoms with Gasteiger partial charge in [-0.2, -0.15) is 0 Å². The first-order valence-electron chi connectivity index (χ1n) is 18.4. The topological polar surface area (TPSA) is 176 Å². The van der Waals surface area contributed by atoms with Gasteiger partial charge in [0.2, 0.25) is 11.8 Å². The highest BCUT2D eigenvalue weighted by Crippen LogP contribution is 2.46. The van der Waals surface area contributed by atoms with Gasteiger partial charge in [0, 0.05) is 12.2 Å². The third-order valence-corrected chi connectivity index (χ3v) is 10.1. The Labute approximate surface area is 315 Å². The summed E-state index contributed by atoms with van der Waals surface area (Å²) in [6, 6.07) is 20.6. The summed E-state index contributed by atoms with van der Waals surface area (Å²) in [4.78, 5) is 47.5. The van der Waals surface area contributed by atoms with Crippen molar-refractivity contribution < 1.29 is 38.5 Å². The minimum absolute atomic E-state index is 0.0193. The number of aliphatic hydroxyl groups is 1. The second-order valence-electron chi connectivity index (χ2n) is 14.3. The van der Waals surface area contributed by atoms with Crippen LogP contribution in [-0.2, 0) is 36.7 Å². The maximum absolute atomic E-state index is 13.8. The van der Waals surface area contributed by atoms with E-state index in [0.717, 1.165) is 35.2 Å². The SMILES string of the molecule is CC(C)C(NC(=O)COC1(CCc2ccc(C3[C@@H](CCC(O)c4ccc(F)cc4)C(=O)N3c3ccc(CCCN=CN=CN)cc3)cc2)COC1)C(=O)O. The summed E-state index contributed by atoms with van der Waals surface area (Å²) in [7, 11) is 0. The molecule has 0 radical (unpaired) electrons. The molecule has 5 rings (SSSR count). The van der Waals surface area contributed by atoms with E-state index >= 15 is 0 Å². The van der Waals surface area contributed by atoms with Gasteiger partial charge < -0.3 is 35.6 Å². The molecule has 3 aromatic carbocycles. The van der Waals surface area contributed by atoms with Crippen LogP contribution >= 0.6 is 0 Å². The van der Waals surface area contributed by atoms with Crippen molar-refractivity contribution in [2.24, 2.45) is 27.6 Å². The Hall–Kier alpha value is -4.98. The predicted octanol–water partition coefficient (Wildman–Crippen LogP) is 4.94. The number of halogens is 1. The lowest BCUT2D eigenvalue weighted by molar-refractivity contribution is -0.212.